The lowest BCUT2D eigenvalue weighted by Gasteiger charge is -2.34. The van der Waals surface area contributed by atoms with Crippen molar-refractivity contribution in [3.05, 3.63) is 71.0 Å². The molecule has 3 aromatic rings. The molecule has 2 amide bonds. The molecule has 0 spiro atoms. The Balaban J connectivity index is 1.62. The number of halogens is 5. The monoisotopic (exact) mass is 519 g/mol. The van der Waals surface area contributed by atoms with Gasteiger partial charge in [0.15, 0.2) is 0 Å². The highest BCUT2D eigenvalue weighted by Gasteiger charge is 2.58. The highest BCUT2D eigenvalue weighted by atomic mass is 19.4. The third kappa shape index (κ3) is 4.46. The van der Waals surface area contributed by atoms with Crippen molar-refractivity contribution in [3.8, 4) is 11.8 Å². The minimum Gasteiger partial charge on any atom is -0.495 e. The second-order valence-corrected chi connectivity index (χ2v) is 8.21. The van der Waals surface area contributed by atoms with Crippen LogP contribution in [0.4, 0.5) is 33.3 Å². The Morgan fingerprint density at radius 1 is 1.16 bits per heavy atom. The van der Waals surface area contributed by atoms with E-state index in [1.54, 1.807) is 6.92 Å². The maximum absolute atomic E-state index is 13.7. The minimum atomic E-state index is -5.77. The first kappa shape index (κ1) is 25.6. The van der Waals surface area contributed by atoms with Gasteiger partial charge in [0.2, 0.25) is 0 Å². The Morgan fingerprint density at radius 3 is 2.43 bits per heavy atom. The summed E-state index contributed by atoms with van der Waals surface area (Å²) in [7, 11) is 1.39. The normalized spacial score (nSPS) is 15.7. The van der Waals surface area contributed by atoms with Crippen LogP contribution in [0.25, 0.3) is 0 Å². The molecule has 1 aromatic heterocycles. The number of hydrogen-bond acceptors (Lipinski definition) is 5. The van der Waals surface area contributed by atoms with E-state index >= 15 is 0 Å². The number of nitriles is 1. The first-order valence-electron chi connectivity index (χ1n) is 10.7. The van der Waals surface area contributed by atoms with Gasteiger partial charge in [0.25, 0.3) is 11.8 Å². The smallest absolute Gasteiger partial charge is 0.458 e. The molecule has 13 heteroatoms. The van der Waals surface area contributed by atoms with Gasteiger partial charge in [-0.25, -0.2) is 0 Å². The molecular weight excluding hydrogens is 501 g/mol. The molecule has 192 valence electrons. The van der Waals surface area contributed by atoms with Gasteiger partial charge in [0.1, 0.15) is 17.5 Å². The summed E-state index contributed by atoms with van der Waals surface area (Å²) in [5.41, 5.74) is -0.926. The van der Waals surface area contributed by atoms with Crippen molar-refractivity contribution >= 4 is 23.2 Å². The number of amides is 2. The summed E-state index contributed by atoms with van der Waals surface area (Å²) in [6.45, 7) is 1.78. The molecule has 1 atom stereocenters. The first-order chi connectivity index (χ1) is 17.4. The predicted molar refractivity (Wildman–Crippen MR) is 121 cm³/mol. The van der Waals surface area contributed by atoms with Gasteiger partial charge in [0.05, 0.1) is 37.0 Å². The van der Waals surface area contributed by atoms with Gasteiger partial charge in [-0.1, -0.05) is 12.1 Å². The zero-order valence-corrected chi connectivity index (χ0v) is 19.3. The van der Waals surface area contributed by atoms with Crippen molar-refractivity contribution in [1.82, 2.24) is 9.78 Å². The number of carbonyl (C=O) groups excluding carboxylic acids is 2. The molecule has 4 rings (SSSR count). The number of alkyl halides is 5. The van der Waals surface area contributed by atoms with E-state index in [4.69, 9.17) is 4.74 Å². The quantitative estimate of drug-likeness (QED) is 0.492. The van der Waals surface area contributed by atoms with E-state index in [2.05, 4.69) is 10.4 Å². The average Bonchev–Trinajstić information content (AvgIpc) is 3.27. The van der Waals surface area contributed by atoms with Crippen LogP contribution in [0.1, 0.15) is 38.9 Å². The summed E-state index contributed by atoms with van der Waals surface area (Å²) < 4.78 is 71.8. The number of nitrogens with zero attached hydrogens (tertiary/aromatic N) is 4. The van der Waals surface area contributed by atoms with Crippen LogP contribution in [0.3, 0.4) is 0 Å². The number of ether oxygens (including phenoxy) is 1. The van der Waals surface area contributed by atoms with Gasteiger partial charge in [-0.3, -0.25) is 14.3 Å². The van der Waals surface area contributed by atoms with E-state index in [0.717, 1.165) is 12.1 Å². The SMILES string of the molecule is COc1ccc(NC(=O)c2cnn3c2C(=O)N(c2ccc(C(F)(F)C(F)(F)F)cc2)[C@@H](C)C3)cc1C#N. The predicted octanol–water partition coefficient (Wildman–Crippen LogP) is 4.72. The van der Waals surface area contributed by atoms with Crippen molar-refractivity contribution in [3.63, 3.8) is 0 Å². The molecule has 0 saturated carbocycles. The number of fused-ring (bicyclic) bond motifs is 1. The van der Waals surface area contributed by atoms with Crippen LogP contribution in [0.5, 0.6) is 5.75 Å². The number of hydrogen-bond donors (Lipinski definition) is 1. The number of rotatable bonds is 5. The molecule has 0 aliphatic carbocycles. The fourth-order valence-corrected chi connectivity index (χ4v) is 4.00. The van der Waals surface area contributed by atoms with Gasteiger partial charge in [-0.15, -0.1) is 0 Å². The summed E-state index contributed by atoms with van der Waals surface area (Å²) in [5, 5.41) is 15.9. The first-order valence-corrected chi connectivity index (χ1v) is 10.7. The highest BCUT2D eigenvalue weighted by molar-refractivity contribution is 6.15. The number of nitrogens with one attached hydrogen (secondary N) is 1. The fourth-order valence-electron chi connectivity index (χ4n) is 4.00. The second kappa shape index (κ2) is 9.20. The summed E-state index contributed by atoms with van der Waals surface area (Å²) >= 11 is 0. The third-order valence-electron chi connectivity index (χ3n) is 5.83. The third-order valence-corrected chi connectivity index (χ3v) is 5.83. The molecule has 0 unspecified atom stereocenters. The van der Waals surface area contributed by atoms with Gasteiger partial charge in [-0.2, -0.15) is 32.3 Å². The second-order valence-electron chi connectivity index (χ2n) is 8.21. The van der Waals surface area contributed by atoms with Crippen molar-refractivity contribution in [2.75, 3.05) is 17.3 Å². The number of carbonyl (C=O) groups is 2. The average molecular weight is 519 g/mol. The Morgan fingerprint density at radius 2 is 1.84 bits per heavy atom. The lowest BCUT2D eigenvalue weighted by molar-refractivity contribution is -0.289. The number of methoxy groups -OCH3 is 1. The number of aromatic nitrogens is 2. The van der Waals surface area contributed by atoms with Crippen LogP contribution < -0.4 is 15.0 Å². The molecular formula is C24H18F5N5O3. The van der Waals surface area contributed by atoms with E-state index in [-0.39, 0.29) is 34.7 Å². The van der Waals surface area contributed by atoms with Crippen molar-refractivity contribution in [2.45, 2.75) is 31.6 Å². The van der Waals surface area contributed by atoms with Crippen LogP contribution in [0.2, 0.25) is 0 Å². The molecule has 2 heterocycles. The summed E-state index contributed by atoms with van der Waals surface area (Å²) in [4.78, 5) is 27.6. The summed E-state index contributed by atoms with van der Waals surface area (Å²) in [6.07, 6.45) is -4.57. The molecule has 0 bridgehead atoms. The fraction of sp³-hybridized carbons (Fsp3) is 0.250. The molecule has 8 nitrogen and oxygen atoms in total. The van der Waals surface area contributed by atoms with Gasteiger partial charge >= 0.3 is 12.1 Å². The van der Waals surface area contributed by atoms with E-state index in [1.165, 1.54) is 41.1 Å². The van der Waals surface area contributed by atoms with Crippen LogP contribution in [0, 0.1) is 11.3 Å². The summed E-state index contributed by atoms with van der Waals surface area (Å²) in [5.74, 6) is -6.13. The minimum absolute atomic E-state index is 0.0758. The van der Waals surface area contributed by atoms with Gasteiger partial charge in [-0.05, 0) is 37.3 Å². The van der Waals surface area contributed by atoms with E-state index in [0.29, 0.717) is 17.9 Å². The lowest BCUT2D eigenvalue weighted by atomic mass is 10.0. The van der Waals surface area contributed by atoms with Gasteiger partial charge in [0, 0.05) is 16.9 Å². The molecule has 1 N–H and O–H groups in total. The Labute approximate surface area is 206 Å². The molecule has 37 heavy (non-hydrogen) atoms. The maximum atomic E-state index is 13.7. The summed E-state index contributed by atoms with van der Waals surface area (Å²) in [6, 6.07) is 8.98. The molecule has 1 aliphatic rings. The van der Waals surface area contributed by atoms with E-state index in [1.807, 2.05) is 6.07 Å². The molecule has 1 aliphatic heterocycles. The maximum Gasteiger partial charge on any atom is 0.458 e. The standard InChI is InChI=1S/C24H18F5N5O3/c1-13-12-33-20(18(11-31-33)21(35)32-16-5-8-19(37-2)14(9-16)10-30)22(36)34(13)17-6-3-15(4-7-17)23(25,26)24(27,28)29/h3-9,11,13H,12H2,1-2H3,(H,32,35)/t13-/m0/s1. The molecule has 2 aromatic carbocycles. The van der Waals surface area contributed by atoms with Crippen LogP contribution in [-0.2, 0) is 12.5 Å². The van der Waals surface area contributed by atoms with Crippen molar-refractivity contribution < 1.29 is 36.3 Å². The Bertz CT molecular complexity index is 1410. The number of anilines is 2. The highest BCUT2D eigenvalue weighted by Crippen LogP contribution is 2.44. The zero-order chi connectivity index (χ0) is 27.1. The molecule has 0 saturated heterocycles. The van der Waals surface area contributed by atoms with E-state index < -0.39 is 35.5 Å². The van der Waals surface area contributed by atoms with E-state index in [9.17, 15) is 36.8 Å². The van der Waals surface area contributed by atoms with Crippen LogP contribution in [-0.4, -0.2) is 40.9 Å². The molecule has 0 radical (unpaired) electrons. The Hall–Kier alpha value is -4.47. The Kier molecular flexibility index (Phi) is 6.37. The lowest BCUT2D eigenvalue weighted by Crippen LogP contribution is -2.47. The van der Waals surface area contributed by atoms with Crippen molar-refractivity contribution in [1.29, 1.82) is 5.26 Å². The van der Waals surface area contributed by atoms with Gasteiger partial charge < -0.3 is 15.0 Å². The largest absolute Gasteiger partial charge is 0.495 e. The van der Waals surface area contributed by atoms with Crippen LogP contribution >= 0.6 is 0 Å². The van der Waals surface area contributed by atoms with Crippen LogP contribution in [0.15, 0.2) is 48.7 Å². The molecule has 0 fully saturated rings. The van der Waals surface area contributed by atoms with Crippen molar-refractivity contribution in [2.24, 2.45) is 0 Å². The topological polar surface area (TPSA) is 100 Å². The number of benzene rings is 2. The zero-order valence-electron chi connectivity index (χ0n) is 19.3.